The Bertz CT molecular complexity index is 341. The van der Waals surface area contributed by atoms with Gasteiger partial charge in [0.05, 0.1) is 17.3 Å². The van der Waals surface area contributed by atoms with E-state index in [1.54, 1.807) is 6.07 Å². The van der Waals surface area contributed by atoms with Crippen LogP contribution in [0.15, 0.2) is 18.2 Å². The molecule has 0 amide bonds. The highest BCUT2D eigenvalue weighted by atomic mass is 35.5. The summed E-state index contributed by atoms with van der Waals surface area (Å²) >= 11 is 5.94. The fraction of sp³-hybridized carbons (Fsp3) is 0.571. The predicted octanol–water partition coefficient (Wildman–Crippen LogP) is 4.52. The first-order valence-electron chi connectivity index (χ1n) is 6.35. The molecule has 96 valence electrons. The Hall–Kier alpha value is -0.890. The number of benzene rings is 1. The Labute approximate surface area is 109 Å². The van der Waals surface area contributed by atoms with Crippen molar-refractivity contribution in [1.82, 2.24) is 0 Å². The molecule has 17 heavy (non-hydrogen) atoms. The number of para-hydroxylation sites is 1. The lowest BCUT2D eigenvalue weighted by Crippen LogP contribution is -2.12. The third-order valence-electron chi connectivity index (χ3n) is 3.03. The van der Waals surface area contributed by atoms with E-state index < -0.39 is 0 Å². The first kappa shape index (κ1) is 14.2. The van der Waals surface area contributed by atoms with Crippen molar-refractivity contribution in [2.75, 3.05) is 12.3 Å². The van der Waals surface area contributed by atoms with E-state index in [1.807, 2.05) is 12.1 Å². The quantitative estimate of drug-likeness (QED) is 0.727. The van der Waals surface area contributed by atoms with Gasteiger partial charge in [0.2, 0.25) is 0 Å². The molecular formula is C14H22ClNO. The topological polar surface area (TPSA) is 35.2 Å². The van der Waals surface area contributed by atoms with E-state index in [4.69, 9.17) is 22.1 Å². The van der Waals surface area contributed by atoms with Gasteiger partial charge in [-0.15, -0.1) is 0 Å². The van der Waals surface area contributed by atoms with Crippen molar-refractivity contribution in [2.45, 2.75) is 39.5 Å². The molecule has 0 aliphatic heterocycles. The summed E-state index contributed by atoms with van der Waals surface area (Å²) in [6.45, 7) is 5.13. The van der Waals surface area contributed by atoms with Crippen molar-refractivity contribution in [3.63, 3.8) is 0 Å². The highest BCUT2D eigenvalue weighted by molar-refractivity contribution is 6.33. The van der Waals surface area contributed by atoms with Crippen LogP contribution >= 0.6 is 11.6 Å². The summed E-state index contributed by atoms with van der Waals surface area (Å²) in [7, 11) is 0. The van der Waals surface area contributed by atoms with E-state index in [0.717, 1.165) is 13.0 Å². The van der Waals surface area contributed by atoms with Crippen LogP contribution in [0.1, 0.15) is 39.5 Å². The number of ether oxygens (including phenoxy) is 1. The maximum absolute atomic E-state index is 5.94. The summed E-state index contributed by atoms with van der Waals surface area (Å²) in [4.78, 5) is 0. The highest BCUT2D eigenvalue weighted by Crippen LogP contribution is 2.29. The standard InChI is InChI=1S/C14H22ClNO/c1-3-5-7-11(4-2)10-17-13-9-6-8-12(15)14(13)16/h6,8-9,11H,3-5,7,10,16H2,1-2H3. The molecule has 1 rings (SSSR count). The SMILES string of the molecule is CCCCC(CC)COc1cccc(Cl)c1N. The van der Waals surface area contributed by atoms with E-state index >= 15 is 0 Å². The third-order valence-corrected chi connectivity index (χ3v) is 3.36. The predicted molar refractivity (Wildman–Crippen MR) is 74.7 cm³/mol. The molecule has 0 saturated heterocycles. The summed E-state index contributed by atoms with van der Waals surface area (Å²) in [5, 5.41) is 0.559. The maximum atomic E-state index is 5.94. The lowest BCUT2D eigenvalue weighted by atomic mass is 10.0. The molecule has 1 aromatic carbocycles. The average Bonchev–Trinajstić information content (AvgIpc) is 2.34. The molecule has 0 fully saturated rings. The minimum Gasteiger partial charge on any atom is -0.491 e. The smallest absolute Gasteiger partial charge is 0.143 e. The number of nitrogen functional groups attached to an aromatic ring is 1. The molecule has 0 spiro atoms. The molecule has 0 bridgehead atoms. The summed E-state index contributed by atoms with van der Waals surface area (Å²) < 4.78 is 5.76. The minimum absolute atomic E-state index is 0.541. The Balaban J connectivity index is 2.50. The van der Waals surface area contributed by atoms with Gasteiger partial charge in [-0.25, -0.2) is 0 Å². The van der Waals surface area contributed by atoms with Gasteiger partial charge < -0.3 is 10.5 Å². The number of nitrogens with two attached hydrogens (primary N) is 1. The van der Waals surface area contributed by atoms with Gasteiger partial charge in [0.1, 0.15) is 5.75 Å². The average molecular weight is 256 g/mol. The van der Waals surface area contributed by atoms with Crippen LogP contribution in [0.25, 0.3) is 0 Å². The Morgan fingerprint density at radius 3 is 2.76 bits per heavy atom. The van der Waals surface area contributed by atoms with Gasteiger partial charge in [-0.05, 0) is 24.5 Å². The second-order valence-electron chi connectivity index (χ2n) is 4.38. The molecule has 0 heterocycles. The van der Waals surface area contributed by atoms with Crippen molar-refractivity contribution < 1.29 is 4.74 Å². The van der Waals surface area contributed by atoms with Crippen molar-refractivity contribution in [3.05, 3.63) is 23.2 Å². The zero-order valence-corrected chi connectivity index (χ0v) is 11.5. The molecule has 0 saturated carbocycles. The van der Waals surface area contributed by atoms with Crippen molar-refractivity contribution >= 4 is 17.3 Å². The molecule has 2 nitrogen and oxygen atoms in total. The monoisotopic (exact) mass is 255 g/mol. The number of unbranched alkanes of at least 4 members (excludes halogenated alkanes) is 1. The van der Waals surface area contributed by atoms with Crippen LogP contribution in [0.4, 0.5) is 5.69 Å². The van der Waals surface area contributed by atoms with E-state index in [0.29, 0.717) is 22.4 Å². The zero-order chi connectivity index (χ0) is 12.7. The van der Waals surface area contributed by atoms with Crippen LogP contribution < -0.4 is 10.5 Å². The molecule has 1 atom stereocenters. The molecule has 0 radical (unpaired) electrons. The number of hydrogen-bond donors (Lipinski definition) is 1. The zero-order valence-electron chi connectivity index (χ0n) is 10.7. The highest BCUT2D eigenvalue weighted by Gasteiger charge is 2.09. The fourth-order valence-corrected chi connectivity index (χ4v) is 1.91. The van der Waals surface area contributed by atoms with E-state index in [9.17, 15) is 0 Å². The molecule has 0 aliphatic rings. The van der Waals surface area contributed by atoms with Gasteiger partial charge in [-0.1, -0.05) is 50.8 Å². The second kappa shape index (κ2) is 7.44. The van der Waals surface area contributed by atoms with Gasteiger partial charge in [-0.2, -0.15) is 0 Å². The molecule has 0 aliphatic carbocycles. The Morgan fingerprint density at radius 2 is 2.12 bits per heavy atom. The largest absolute Gasteiger partial charge is 0.491 e. The van der Waals surface area contributed by atoms with Crippen LogP contribution in [-0.2, 0) is 0 Å². The Morgan fingerprint density at radius 1 is 1.35 bits per heavy atom. The van der Waals surface area contributed by atoms with Gasteiger partial charge in [-0.3, -0.25) is 0 Å². The second-order valence-corrected chi connectivity index (χ2v) is 4.79. The lowest BCUT2D eigenvalue weighted by molar-refractivity contribution is 0.234. The first-order chi connectivity index (χ1) is 8.19. The van der Waals surface area contributed by atoms with Crippen molar-refractivity contribution in [2.24, 2.45) is 5.92 Å². The summed E-state index contributed by atoms with van der Waals surface area (Å²) in [6, 6.07) is 5.51. The van der Waals surface area contributed by atoms with Gasteiger partial charge in [0, 0.05) is 0 Å². The summed E-state index contributed by atoms with van der Waals surface area (Å²) in [5.41, 5.74) is 6.39. The first-order valence-corrected chi connectivity index (χ1v) is 6.73. The van der Waals surface area contributed by atoms with E-state index in [1.165, 1.54) is 19.3 Å². The fourth-order valence-electron chi connectivity index (χ4n) is 1.75. The minimum atomic E-state index is 0.541. The molecule has 0 aromatic heterocycles. The van der Waals surface area contributed by atoms with Gasteiger partial charge >= 0.3 is 0 Å². The summed E-state index contributed by atoms with van der Waals surface area (Å²) in [5.74, 6) is 1.31. The van der Waals surface area contributed by atoms with Gasteiger partial charge in [0.25, 0.3) is 0 Å². The van der Waals surface area contributed by atoms with Crippen LogP contribution in [0.3, 0.4) is 0 Å². The maximum Gasteiger partial charge on any atom is 0.143 e. The lowest BCUT2D eigenvalue weighted by Gasteiger charge is -2.16. The van der Waals surface area contributed by atoms with Crippen molar-refractivity contribution in [3.8, 4) is 5.75 Å². The van der Waals surface area contributed by atoms with Crippen LogP contribution in [0.5, 0.6) is 5.75 Å². The molecule has 2 N–H and O–H groups in total. The number of rotatable bonds is 7. The van der Waals surface area contributed by atoms with Gasteiger partial charge in [0.15, 0.2) is 0 Å². The summed E-state index contributed by atoms with van der Waals surface area (Å²) in [6.07, 6.45) is 4.84. The van der Waals surface area contributed by atoms with Crippen LogP contribution in [-0.4, -0.2) is 6.61 Å². The molecule has 1 aromatic rings. The normalized spacial score (nSPS) is 12.4. The molecule has 1 unspecified atom stereocenters. The van der Waals surface area contributed by atoms with E-state index in [-0.39, 0.29) is 0 Å². The molecule has 3 heteroatoms. The number of halogens is 1. The van der Waals surface area contributed by atoms with Crippen LogP contribution in [0.2, 0.25) is 5.02 Å². The van der Waals surface area contributed by atoms with Crippen molar-refractivity contribution in [1.29, 1.82) is 0 Å². The van der Waals surface area contributed by atoms with E-state index in [2.05, 4.69) is 13.8 Å². The third kappa shape index (κ3) is 4.47. The van der Waals surface area contributed by atoms with Crippen LogP contribution in [0, 0.1) is 5.92 Å². The number of hydrogen-bond acceptors (Lipinski definition) is 2. The Kier molecular flexibility index (Phi) is 6.20. The molecular weight excluding hydrogens is 234 g/mol. The number of anilines is 1.